The number of benzene rings is 2. The van der Waals surface area contributed by atoms with Crippen LogP contribution in [0.25, 0.3) is 0 Å². The molecule has 2 aromatic rings. The highest BCUT2D eigenvalue weighted by atomic mass is 32.2. The summed E-state index contributed by atoms with van der Waals surface area (Å²) in [6.45, 7) is 0.0341. The van der Waals surface area contributed by atoms with Crippen molar-refractivity contribution in [3.05, 3.63) is 48.0 Å². The molecule has 10 heteroatoms. The number of rotatable bonds is 8. The molecule has 32 heavy (non-hydrogen) atoms. The van der Waals surface area contributed by atoms with Gasteiger partial charge in [0.2, 0.25) is 15.9 Å². The Morgan fingerprint density at radius 2 is 1.72 bits per heavy atom. The van der Waals surface area contributed by atoms with Gasteiger partial charge in [-0.25, -0.2) is 18.4 Å². The van der Waals surface area contributed by atoms with Crippen molar-refractivity contribution in [1.29, 1.82) is 0 Å². The Bertz CT molecular complexity index is 1060. The molecule has 0 aromatic heterocycles. The van der Waals surface area contributed by atoms with Crippen LogP contribution in [0.1, 0.15) is 48.9 Å². The molecular formula is C22H27N3O6S. The first-order chi connectivity index (χ1) is 15.2. The molecular weight excluding hydrogens is 434 g/mol. The second-order valence-electron chi connectivity index (χ2n) is 7.63. The molecule has 0 radical (unpaired) electrons. The van der Waals surface area contributed by atoms with E-state index in [0.29, 0.717) is 22.7 Å². The molecule has 0 heterocycles. The fraction of sp³-hybridized carbons (Fsp3) is 0.364. The molecule has 3 rings (SSSR count). The lowest BCUT2D eigenvalue weighted by molar-refractivity contribution is -0.116. The van der Waals surface area contributed by atoms with Crippen LogP contribution in [-0.4, -0.2) is 33.0 Å². The van der Waals surface area contributed by atoms with Gasteiger partial charge in [-0.1, -0.05) is 6.42 Å². The minimum absolute atomic E-state index is 0.0210. The number of hydrogen-bond acceptors (Lipinski definition) is 7. The molecule has 1 fully saturated rings. The maximum Gasteiger partial charge on any atom is 0.338 e. The van der Waals surface area contributed by atoms with Crippen LogP contribution in [0, 0.1) is 0 Å². The zero-order chi connectivity index (χ0) is 23.1. The van der Waals surface area contributed by atoms with E-state index in [-0.39, 0.29) is 29.9 Å². The molecule has 2 aromatic carbocycles. The summed E-state index contributed by atoms with van der Waals surface area (Å²) in [4.78, 5) is 24.5. The summed E-state index contributed by atoms with van der Waals surface area (Å²) in [6.07, 6.45) is 5.02. The van der Waals surface area contributed by atoms with E-state index in [9.17, 15) is 18.0 Å². The number of primary sulfonamides is 1. The van der Waals surface area contributed by atoms with Gasteiger partial charge >= 0.3 is 5.97 Å². The van der Waals surface area contributed by atoms with Crippen LogP contribution in [0.4, 0.5) is 11.4 Å². The largest absolute Gasteiger partial charge is 0.491 e. The second kappa shape index (κ2) is 10.5. The lowest BCUT2D eigenvalue weighted by atomic mass is 9.98. The van der Waals surface area contributed by atoms with Gasteiger partial charge in [-0.3, -0.25) is 4.79 Å². The van der Waals surface area contributed by atoms with Crippen molar-refractivity contribution in [3.63, 3.8) is 0 Å². The molecule has 0 aliphatic heterocycles. The number of ether oxygens (including phenoxy) is 2. The molecule has 1 amide bonds. The first-order valence-corrected chi connectivity index (χ1v) is 11.9. The van der Waals surface area contributed by atoms with Gasteiger partial charge < -0.3 is 20.5 Å². The number of amides is 1. The molecule has 1 aliphatic carbocycles. The van der Waals surface area contributed by atoms with Gasteiger partial charge in [-0.15, -0.1) is 0 Å². The molecule has 5 N–H and O–H groups in total. The van der Waals surface area contributed by atoms with Crippen molar-refractivity contribution >= 4 is 33.3 Å². The predicted octanol–water partition coefficient (Wildman–Crippen LogP) is 2.81. The highest BCUT2D eigenvalue weighted by Crippen LogP contribution is 2.26. The van der Waals surface area contributed by atoms with Crippen LogP contribution in [0.3, 0.4) is 0 Å². The number of carbonyl (C=O) groups is 2. The van der Waals surface area contributed by atoms with Crippen LogP contribution in [-0.2, 0) is 19.6 Å². The van der Waals surface area contributed by atoms with Crippen molar-refractivity contribution in [2.45, 2.75) is 49.5 Å². The average Bonchev–Trinajstić information content (AvgIpc) is 2.75. The molecule has 1 aliphatic rings. The topological polar surface area (TPSA) is 151 Å². The van der Waals surface area contributed by atoms with Gasteiger partial charge in [0.25, 0.3) is 0 Å². The van der Waals surface area contributed by atoms with Gasteiger partial charge in [0.1, 0.15) is 11.9 Å². The number of sulfonamides is 1. The standard InChI is InChI=1S/C22H27N3O6S/c23-19-11-6-15(22(27)31-17-4-2-1-3-5-17)14-20(19)30-13-12-21(26)25-16-7-9-18(10-8-16)32(24,28)29/h6-11,14,17H,1-5,12-13,23H2,(H,25,26)(H2,24,28,29). The minimum atomic E-state index is -3.79. The molecule has 1 saturated carbocycles. The van der Waals surface area contributed by atoms with Crippen LogP contribution >= 0.6 is 0 Å². The Morgan fingerprint density at radius 3 is 2.38 bits per heavy atom. The molecule has 0 unspecified atom stereocenters. The zero-order valence-corrected chi connectivity index (χ0v) is 18.4. The number of hydrogen-bond donors (Lipinski definition) is 3. The monoisotopic (exact) mass is 461 g/mol. The van der Waals surface area contributed by atoms with E-state index in [0.717, 1.165) is 25.7 Å². The van der Waals surface area contributed by atoms with E-state index in [1.165, 1.54) is 36.8 Å². The van der Waals surface area contributed by atoms with E-state index >= 15 is 0 Å². The third-order valence-corrected chi connectivity index (χ3v) is 6.06. The van der Waals surface area contributed by atoms with E-state index in [1.807, 2.05) is 0 Å². The Hall–Kier alpha value is -3.11. The zero-order valence-electron chi connectivity index (χ0n) is 17.6. The van der Waals surface area contributed by atoms with E-state index in [2.05, 4.69) is 5.32 Å². The van der Waals surface area contributed by atoms with Gasteiger partial charge in [0, 0.05) is 5.69 Å². The van der Waals surface area contributed by atoms with E-state index in [1.54, 1.807) is 12.1 Å². The van der Waals surface area contributed by atoms with Crippen molar-refractivity contribution in [3.8, 4) is 5.75 Å². The van der Waals surface area contributed by atoms with Crippen LogP contribution in [0.15, 0.2) is 47.4 Å². The third kappa shape index (κ3) is 6.69. The number of anilines is 2. The van der Waals surface area contributed by atoms with Crippen LogP contribution in [0.2, 0.25) is 0 Å². The third-order valence-electron chi connectivity index (χ3n) is 5.13. The molecule has 0 bridgehead atoms. The fourth-order valence-electron chi connectivity index (χ4n) is 3.39. The Labute approximate surface area is 187 Å². The molecule has 0 saturated heterocycles. The molecule has 172 valence electrons. The molecule has 9 nitrogen and oxygen atoms in total. The number of carbonyl (C=O) groups excluding carboxylic acids is 2. The molecule has 0 atom stereocenters. The minimum Gasteiger partial charge on any atom is -0.491 e. The van der Waals surface area contributed by atoms with Crippen molar-refractivity contribution < 1.29 is 27.5 Å². The summed E-state index contributed by atoms with van der Waals surface area (Å²) in [5.41, 5.74) is 7.04. The van der Waals surface area contributed by atoms with Crippen molar-refractivity contribution in [2.75, 3.05) is 17.7 Å². The summed E-state index contributed by atoms with van der Waals surface area (Å²) in [5.74, 6) is -0.448. The Balaban J connectivity index is 1.51. The SMILES string of the molecule is Nc1ccc(C(=O)OC2CCCCC2)cc1OCCC(=O)Nc1ccc(S(N)(=O)=O)cc1. The summed E-state index contributed by atoms with van der Waals surface area (Å²) in [7, 11) is -3.79. The number of esters is 1. The van der Waals surface area contributed by atoms with Crippen LogP contribution in [0.5, 0.6) is 5.75 Å². The number of nitrogen functional groups attached to an aromatic ring is 1. The summed E-state index contributed by atoms with van der Waals surface area (Å²) in [6, 6.07) is 10.2. The maximum absolute atomic E-state index is 12.4. The van der Waals surface area contributed by atoms with Gasteiger partial charge in [-0.05, 0) is 68.1 Å². The van der Waals surface area contributed by atoms with Gasteiger partial charge in [-0.2, -0.15) is 0 Å². The highest BCUT2D eigenvalue weighted by molar-refractivity contribution is 7.89. The first kappa shape index (κ1) is 23.6. The quantitative estimate of drug-likeness (QED) is 0.404. The average molecular weight is 462 g/mol. The number of nitrogens with one attached hydrogen (secondary N) is 1. The second-order valence-corrected chi connectivity index (χ2v) is 9.20. The normalized spacial score (nSPS) is 14.5. The first-order valence-electron chi connectivity index (χ1n) is 10.4. The van der Waals surface area contributed by atoms with Gasteiger partial charge in [0.15, 0.2) is 0 Å². The lowest BCUT2D eigenvalue weighted by Crippen LogP contribution is -2.21. The number of nitrogens with two attached hydrogens (primary N) is 2. The van der Waals surface area contributed by atoms with E-state index in [4.69, 9.17) is 20.3 Å². The van der Waals surface area contributed by atoms with Gasteiger partial charge in [0.05, 0.1) is 29.2 Å². The summed E-state index contributed by atoms with van der Waals surface area (Å²) < 4.78 is 33.7. The smallest absolute Gasteiger partial charge is 0.338 e. The Kier molecular flexibility index (Phi) is 7.70. The fourth-order valence-corrected chi connectivity index (χ4v) is 3.91. The lowest BCUT2D eigenvalue weighted by Gasteiger charge is -2.22. The molecule has 0 spiro atoms. The summed E-state index contributed by atoms with van der Waals surface area (Å²) in [5, 5.41) is 7.68. The predicted molar refractivity (Wildman–Crippen MR) is 120 cm³/mol. The van der Waals surface area contributed by atoms with Crippen LogP contribution < -0.4 is 20.9 Å². The highest BCUT2D eigenvalue weighted by Gasteiger charge is 2.19. The Morgan fingerprint density at radius 1 is 1.03 bits per heavy atom. The summed E-state index contributed by atoms with van der Waals surface area (Å²) >= 11 is 0. The van der Waals surface area contributed by atoms with E-state index < -0.39 is 16.0 Å². The van der Waals surface area contributed by atoms with Crippen molar-refractivity contribution in [2.24, 2.45) is 5.14 Å². The maximum atomic E-state index is 12.4. The van der Waals surface area contributed by atoms with Crippen molar-refractivity contribution in [1.82, 2.24) is 0 Å².